The Bertz CT molecular complexity index is 490. The van der Waals surface area contributed by atoms with Crippen LogP contribution >= 0.6 is 0 Å². The van der Waals surface area contributed by atoms with Crippen LogP contribution in [-0.2, 0) is 0 Å². The van der Waals surface area contributed by atoms with Gasteiger partial charge in [0.2, 0.25) is 5.89 Å². The van der Waals surface area contributed by atoms with E-state index in [-0.39, 0.29) is 11.5 Å². The van der Waals surface area contributed by atoms with Crippen molar-refractivity contribution in [3.05, 3.63) is 40.6 Å². The average Bonchev–Trinajstić information content (AvgIpc) is 2.65. The summed E-state index contributed by atoms with van der Waals surface area (Å²) in [6.45, 7) is 0. The minimum absolute atomic E-state index is 0.0262. The van der Waals surface area contributed by atoms with E-state index in [9.17, 15) is 10.1 Å². The van der Waals surface area contributed by atoms with E-state index in [4.69, 9.17) is 10.2 Å². The van der Waals surface area contributed by atoms with E-state index in [1.54, 1.807) is 12.1 Å². The van der Waals surface area contributed by atoms with Gasteiger partial charge in [-0.1, -0.05) is 0 Å². The number of benzene rings is 1. The van der Waals surface area contributed by atoms with Gasteiger partial charge in [0, 0.05) is 17.7 Å². The van der Waals surface area contributed by atoms with Crippen molar-refractivity contribution in [2.75, 3.05) is 5.73 Å². The number of non-ortho nitro benzene ring substituents is 1. The highest BCUT2D eigenvalue weighted by Gasteiger charge is 2.08. The molecule has 1 heterocycles. The highest BCUT2D eigenvalue weighted by molar-refractivity contribution is 5.57. The molecule has 76 valence electrons. The number of nitrogens with zero attached hydrogens (tertiary/aromatic N) is 2. The molecule has 6 heteroatoms. The van der Waals surface area contributed by atoms with Gasteiger partial charge in [0.1, 0.15) is 6.26 Å². The van der Waals surface area contributed by atoms with Crippen molar-refractivity contribution in [1.82, 2.24) is 4.98 Å². The van der Waals surface area contributed by atoms with Crippen molar-refractivity contribution in [3.63, 3.8) is 0 Å². The Morgan fingerprint density at radius 1 is 1.33 bits per heavy atom. The molecule has 0 unspecified atom stereocenters. The van der Waals surface area contributed by atoms with Crippen molar-refractivity contribution in [3.8, 4) is 11.5 Å². The van der Waals surface area contributed by atoms with Crippen molar-refractivity contribution >= 4 is 11.5 Å². The lowest BCUT2D eigenvalue weighted by atomic mass is 10.2. The van der Waals surface area contributed by atoms with Crippen LogP contribution in [0.2, 0.25) is 0 Å². The van der Waals surface area contributed by atoms with Gasteiger partial charge in [-0.3, -0.25) is 10.1 Å². The summed E-state index contributed by atoms with van der Waals surface area (Å²) in [6.07, 6.45) is 1.32. The summed E-state index contributed by atoms with van der Waals surface area (Å²) in [5, 5.41) is 10.4. The van der Waals surface area contributed by atoms with Gasteiger partial charge in [-0.05, 0) is 12.1 Å². The molecule has 2 aromatic rings. The molecule has 0 saturated carbocycles. The zero-order valence-electron chi connectivity index (χ0n) is 7.58. The first-order valence-electron chi connectivity index (χ1n) is 4.12. The highest BCUT2D eigenvalue weighted by Crippen LogP contribution is 2.22. The number of nitrogens with two attached hydrogens (primary N) is 1. The van der Waals surface area contributed by atoms with E-state index in [1.165, 1.54) is 18.4 Å². The first-order valence-corrected chi connectivity index (χ1v) is 4.12. The summed E-state index contributed by atoms with van der Waals surface area (Å²) in [5.74, 6) is 0.630. The lowest BCUT2D eigenvalue weighted by Gasteiger charge is -1.94. The van der Waals surface area contributed by atoms with E-state index in [1.807, 2.05) is 0 Å². The number of anilines is 1. The molecule has 0 bridgehead atoms. The van der Waals surface area contributed by atoms with Crippen LogP contribution in [-0.4, -0.2) is 9.91 Å². The van der Waals surface area contributed by atoms with Gasteiger partial charge < -0.3 is 10.2 Å². The van der Waals surface area contributed by atoms with Crippen molar-refractivity contribution in [2.24, 2.45) is 0 Å². The van der Waals surface area contributed by atoms with Gasteiger partial charge in [0.15, 0.2) is 5.82 Å². The molecule has 0 atom stereocenters. The minimum Gasteiger partial charge on any atom is -0.442 e. The van der Waals surface area contributed by atoms with Crippen LogP contribution in [0.3, 0.4) is 0 Å². The standard InChI is InChI=1S/C9H7N3O3/c10-8-5-15-9(11-8)6-1-3-7(4-2-6)12(13)14/h1-5H,10H2. The lowest BCUT2D eigenvalue weighted by Crippen LogP contribution is -1.87. The van der Waals surface area contributed by atoms with Gasteiger partial charge in [-0.25, -0.2) is 0 Å². The van der Waals surface area contributed by atoms with Crippen LogP contribution in [0.25, 0.3) is 11.5 Å². The Balaban J connectivity index is 2.35. The van der Waals surface area contributed by atoms with Crippen LogP contribution in [0, 0.1) is 10.1 Å². The molecule has 0 spiro atoms. The maximum absolute atomic E-state index is 10.4. The molecule has 0 saturated heterocycles. The molecule has 1 aromatic carbocycles. The Kier molecular flexibility index (Phi) is 2.09. The summed E-state index contributed by atoms with van der Waals surface area (Å²) in [7, 11) is 0. The Morgan fingerprint density at radius 2 is 2.00 bits per heavy atom. The summed E-state index contributed by atoms with van der Waals surface area (Å²) in [5.41, 5.74) is 6.06. The lowest BCUT2D eigenvalue weighted by molar-refractivity contribution is -0.384. The van der Waals surface area contributed by atoms with Crippen molar-refractivity contribution < 1.29 is 9.34 Å². The van der Waals surface area contributed by atoms with E-state index < -0.39 is 4.92 Å². The van der Waals surface area contributed by atoms with E-state index in [2.05, 4.69) is 4.98 Å². The fourth-order valence-electron chi connectivity index (χ4n) is 1.14. The second-order valence-electron chi connectivity index (χ2n) is 2.88. The molecular weight excluding hydrogens is 198 g/mol. The summed E-state index contributed by atoms with van der Waals surface area (Å²) < 4.78 is 5.04. The largest absolute Gasteiger partial charge is 0.442 e. The maximum atomic E-state index is 10.4. The minimum atomic E-state index is -0.465. The molecule has 0 aliphatic rings. The number of nitrogen functional groups attached to an aromatic ring is 1. The monoisotopic (exact) mass is 205 g/mol. The second kappa shape index (κ2) is 3.41. The fraction of sp³-hybridized carbons (Fsp3) is 0. The van der Waals surface area contributed by atoms with Crippen LogP contribution in [0.5, 0.6) is 0 Å². The van der Waals surface area contributed by atoms with Crippen LogP contribution in [0.1, 0.15) is 0 Å². The van der Waals surface area contributed by atoms with E-state index in [0.717, 1.165) is 0 Å². The van der Waals surface area contributed by atoms with E-state index in [0.29, 0.717) is 11.5 Å². The third-order valence-corrected chi connectivity index (χ3v) is 1.85. The molecule has 0 fully saturated rings. The number of aromatic nitrogens is 1. The first kappa shape index (κ1) is 9.20. The SMILES string of the molecule is Nc1coc(-c2ccc([N+](=O)[O-])cc2)n1. The number of hydrogen-bond acceptors (Lipinski definition) is 5. The Labute approximate surface area is 84.5 Å². The third kappa shape index (κ3) is 1.78. The molecule has 15 heavy (non-hydrogen) atoms. The van der Waals surface area contributed by atoms with Gasteiger partial charge in [-0.15, -0.1) is 0 Å². The summed E-state index contributed by atoms with van der Waals surface area (Å²) in [4.78, 5) is 13.8. The molecule has 1 aromatic heterocycles. The Morgan fingerprint density at radius 3 is 2.47 bits per heavy atom. The quantitative estimate of drug-likeness (QED) is 0.596. The molecule has 0 aliphatic heterocycles. The zero-order valence-corrected chi connectivity index (χ0v) is 7.58. The van der Waals surface area contributed by atoms with Crippen LogP contribution in [0.4, 0.5) is 11.5 Å². The number of hydrogen-bond donors (Lipinski definition) is 1. The number of oxazole rings is 1. The molecule has 0 amide bonds. The van der Waals surface area contributed by atoms with Crippen LogP contribution < -0.4 is 5.73 Å². The smallest absolute Gasteiger partial charge is 0.269 e. The first-order chi connectivity index (χ1) is 7.16. The number of nitro benzene ring substituents is 1. The normalized spacial score (nSPS) is 10.1. The van der Waals surface area contributed by atoms with Gasteiger partial charge in [-0.2, -0.15) is 4.98 Å². The molecule has 2 N–H and O–H groups in total. The Hall–Kier alpha value is -2.37. The van der Waals surface area contributed by atoms with Crippen LogP contribution in [0.15, 0.2) is 34.9 Å². The molecule has 2 rings (SSSR count). The predicted molar refractivity (Wildman–Crippen MR) is 53.0 cm³/mol. The topological polar surface area (TPSA) is 95.2 Å². The molecule has 6 nitrogen and oxygen atoms in total. The maximum Gasteiger partial charge on any atom is 0.269 e. The summed E-state index contributed by atoms with van der Waals surface area (Å²) >= 11 is 0. The van der Waals surface area contributed by atoms with Gasteiger partial charge in [0.05, 0.1) is 4.92 Å². The van der Waals surface area contributed by atoms with E-state index >= 15 is 0 Å². The highest BCUT2D eigenvalue weighted by atomic mass is 16.6. The third-order valence-electron chi connectivity index (χ3n) is 1.85. The molecule has 0 radical (unpaired) electrons. The fourth-order valence-corrected chi connectivity index (χ4v) is 1.14. The molecule has 0 aliphatic carbocycles. The number of rotatable bonds is 2. The average molecular weight is 205 g/mol. The van der Waals surface area contributed by atoms with Gasteiger partial charge in [0.25, 0.3) is 5.69 Å². The summed E-state index contributed by atoms with van der Waals surface area (Å²) in [6, 6.07) is 5.89. The molecular formula is C9H7N3O3. The number of nitro groups is 1. The van der Waals surface area contributed by atoms with Gasteiger partial charge >= 0.3 is 0 Å². The predicted octanol–water partition coefficient (Wildman–Crippen LogP) is 1.83. The second-order valence-corrected chi connectivity index (χ2v) is 2.88. The van der Waals surface area contributed by atoms with Crippen molar-refractivity contribution in [1.29, 1.82) is 0 Å². The zero-order chi connectivity index (χ0) is 10.8. The van der Waals surface area contributed by atoms with Crippen molar-refractivity contribution in [2.45, 2.75) is 0 Å².